The first kappa shape index (κ1) is 13.9. The van der Waals surface area contributed by atoms with E-state index in [1.165, 1.54) is 12.1 Å². The Kier molecular flexibility index (Phi) is 3.35. The lowest BCUT2D eigenvalue weighted by atomic mass is 10.1. The van der Waals surface area contributed by atoms with Crippen LogP contribution in [0.4, 0.5) is 13.2 Å². The Hall–Kier alpha value is -2.04. The summed E-state index contributed by atoms with van der Waals surface area (Å²) in [4.78, 5) is 11.9. The minimum Gasteiger partial charge on any atom is -0.349 e. The number of hydrogen-bond acceptors (Lipinski definition) is 1. The second-order valence-corrected chi connectivity index (χ2v) is 5.41. The van der Waals surface area contributed by atoms with Crippen molar-refractivity contribution in [1.29, 1.82) is 0 Å². The Bertz CT molecular complexity index is 651. The fraction of sp³-hybridized carbons (Fsp3) is 0.312. The van der Waals surface area contributed by atoms with Crippen LogP contribution < -0.4 is 0 Å². The van der Waals surface area contributed by atoms with Gasteiger partial charge in [0.2, 0.25) is 0 Å². The van der Waals surface area contributed by atoms with E-state index in [9.17, 15) is 18.0 Å². The molecule has 1 fully saturated rings. The zero-order valence-electron chi connectivity index (χ0n) is 11.2. The fourth-order valence-corrected chi connectivity index (χ4v) is 2.28. The van der Waals surface area contributed by atoms with Gasteiger partial charge in [-0.05, 0) is 36.6 Å². The van der Waals surface area contributed by atoms with Crippen molar-refractivity contribution in [3.63, 3.8) is 0 Å². The van der Waals surface area contributed by atoms with E-state index >= 15 is 0 Å². The number of nitrogens with zero attached hydrogens (tertiary/aromatic N) is 1. The van der Waals surface area contributed by atoms with E-state index in [2.05, 4.69) is 0 Å². The molecule has 0 spiro atoms. The highest BCUT2D eigenvalue weighted by molar-refractivity contribution is 5.99. The first-order chi connectivity index (χ1) is 9.93. The number of aromatic nitrogens is 1. The molecule has 0 atom stereocenters. The summed E-state index contributed by atoms with van der Waals surface area (Å²) in [5, 5.41) is 0. The molecule has 0 aliphatic heterocycles. The number of benzene rings is 1. The third kappa shape index (κ3) is 3.17. The van der Waals surface area contributed by atoms with Crippen molar-refractivity contribution in [2.45, 2.75) is 25.6 Å². The molecule has 1 heterocycles. The van der Waals surface area contributed by atoms with E-state index in [0.29, 0.717) is 12.1 Å². The molecule has 0 unspecified atom stereocenters. The SMILES string of the molecule is O=C(c1ccn(Cc2ccc(C(F)(F)F)cc2)c1)C1CC1. The summed E-state index contributed by atoms with van der Waals surface area (Å²) >= 11 is 0. The fourth-order valence-electron chi connectivity index (χ4n) is 2.28. The third-order valence-corrected chi connectivity index (χ3v) is 3.63. The summed E-state index contributed by atoms with van der Waals surface area (Å²) in [5.74, 6) is 0.341. The van der Waals surface area contributed by atoms with Gasteiger partial charge in [0.05, 0.1) is 5.56 Å². The molecule has 2 aromatic rings. The van der Waals surface area contributed by atoms with Gasteiger partial charge in [-0.2, -0.15) is 13.2 Å². The number of hydrogen-bond donors (Lipinski definition) is 0. The van der Waals surface area contributed by atoms with Gasteiger partial charge in [0.15, 0.2) is 5.78 Å². The van der Waals surface area contributed by atoms with Crippen LogP contribution in [0.25, 0.3) is 0 Å². The Labute approximate surface area is 120 Å². The molecule has 0 radical (unpaired) electrons. The zero-order valence-corrected chi connectivity index (χ0v) is 11.2. The zero-order chi connectivity index (χ0) is 15.0. The lowest BCUT2D eigenvalue weighted by Crippen LogP contribution is -2.05. The minimum absolute atomic E-state index is 0.168. The topological polar surface area (TPSA) is 22.0 Å². The van der Waals surface area contributed by atoms with Crippen molar-refractivity contribution in [1.82, 2.24) is 4.57 Å². The highest BCUT2D eigenvalue weighted by atomic mass is 19.4. The van der Waals surface area contributed by atoms with Gasteiger partial charge in [0, 0.05) is 30.4 Å². The highest BCUT2D eigenvalue weighted by Crippen LogP contribution is 2.32. The normalized spacial score (nSPS) is 15.2. The van der Waals surface area contributed by atoms with Crippen molar-refractivity contribution in [3.8, 4) is 0 Å². The maximum absolute atomic E-state index is 12.5. The van der Waals surface area contributed by atoms with Gasteiger partial charge < -0.3 is 4.57 Å². The van der Waals surface area contributed by atoms with Crippen LogP contribution in [-0.2, 0) is 12.7 Å². The quantitative estimate of drug-likeness (QED) is 0.776. The molecule has 1 aliphatic carbocycles. The summed E-state index contributed by atoms with van der Waals surface area (Å²) in [6, 6.07) is 6.85. The predicted octanol–water partition coefficient (Wildman–Crippen LogP) is 4.15. The molecule has 0 N–H and O–H groups in total. The predicted molar refractivity (Wildman–Crippen MR) is 72.0 cm³/mol. The molecule has 3 rings (SSSR count). The molecule has 0 bridgehead atoms. The van der Waals surface area contributed by atoms with Crippen LogP contribution in [0.1, 0.15) is 34.3 Å². The number of carbonyl (C=O) groups is 1. The summed E-state index contributed by atoms with van der Waals surface area (Å²) in [6.45, 7) is 0.454. The Morgan fingerprint density at radius 2 is 1.81 bits per heavy atom. The average Bonchev–Trinajstić information content (AvgIpc) is 3.18. The molecular weight excluding hydrogens is 279 g/mol. The molecule has 1 aromatic heterocycles. The summed E-state index contributed by atoms with van der Waals surface area (Å²) in [7, 11) is 0. The second-order valence-electron chi connectivity index (χ2n) is 5.41. The van der Waals surface area contributed by atoms with Crippen LogP contribution in [0.5, 0.6) is 0 Å². The number of rotatable bonds is 4. The number of alkyl halides is 3. The molecule has 1 saturated carbocycles. The van der Waals surface area contributed by atoms with Crippen LogP contribution in [0.2, 0.25) is 0 Å². The summed E-state index contributed by atoms with van der Waals surface area (Å²) in [6.07, 6.45) is 1.16. The highest BCUT2D eigenvalue weighted by Gasteiger charge is 2.31. The van der Waals surface area contributed by atoms with Gasteiger partial charge in [-0.3, -0.25) is 4.79 Å². The molecule has 1 aromatic carbocycles. The van der Waals surface area contributed by atoms with Crippen molar-refractivity contribution < 1.29 is 18.0 Å². The molecule has 1 aliphatic rings. The van der Waals surface area contributed by atoms with E-state index in [1.54, 1.807) is 18.5 Å². The summed E-state index contributed by atoms with van der Waals surface area (Å²) in [5.41, 5.74) is 0.803. The monoisotopic (exact) mass is 293 g/mol. The van der Waals surface area contributed by atoms with E-state index < -0.39 is 11.7 Å². The minimum atomic E-state index is -4.31. The number of halogens is 3. The Balaban J connectivity index is 1.70. The van der Waals surface area contributed by atoms with Gasteiger partial charge >= 0.3 is 6.18 Å². The van der Waals surface area contributed by atoms with E-state index in [0.717, 1.165) is 30.5 Å². The van der Waals surface area contributed by atoms with Crippen molar-refractivity contribution in [2.24, 2.45) is 5.92 Å². The number of Topliss-reactive ketones (excluding diaryl/α,β-unsaturated/α-hetero) is 1. The molecule has 0 saturated heterocycles. The van der Waals surface area contributed by atoms with Crippen molar-refractivity contribution >= 4 is 5.78 Å². The first-order valence-electron chi connectivity index (χ1n) is 6.79. The van der Waals surface area contributed by atoms with Gasteiger partial charge in [0.25, 0.3) is 0 Å². The van der Waals surface area contributed by atoms with Gasteiger partial charge in [0.1, 0.15) is 0 Å². The first-order valence-corrected chi connectivity index (χ1v) is 6.79. The van der Waals surface area contributed by atoms with Gasteiger partial charge in [-0.15, -0.1) is 0 Å². The second kappa shape index (κ2) is 5.06. The molecule has 0 amide bonds. The van der Waals surface area contributed by atoms with Crippen LogP contribution >= 0.6 is 0 Å². The Morgan fingerprint density at radius 1 is 1.14 bits per heavy atom. The van der Waals surface area contributed by atoms with Gasteiger partial charge in [-0.25, -0.2) is 0 Å². The average molecular weight is 293 g/mol. The van der Waals surface area contributed by atoms with Gasteiger partial charge in [-0.1, -0.05) is 12.1 Å². The standard InChI is InChI=1S/C16H14F3NO/c17-16(18,19)14-5-1-11(2-6-14)9-20-8-7-13(10-20)15(21)12-3-4-12/h1-2,5-8,10,12H,3-4,9H2. The lowest BCUT2D eigenvalue weighted by molar-refractivity contribution is -0.137. The van der Waals surface area contributed by atoms with Crippen LogP contribution in [-0.4, -0.2) is 10.4 Å². The molecule has 2 nitrogen and oxygen atoms in total. The van der Waals surface area contributed by atoms with Crippen LogP contribution in [0.15, 0.2) is 42.7 Å². The smallest absolute Gasteiger partial charge is 0.349 e. The van der Waals surface area contributed by atoms with E-state index in [1.807, 2.05) is 4.57 Å². The third-order valence-electron chi connectivity index (χ3n) is 3.63. The molecule has 110 valence electrons. The van der Waals surface area contributed by atoms with E-state index in [-0.39, 0.29) is 11.7 Å². The van der Waals surface area contributed by atoms with Crippen LogP contribution in [0.3, 0.4) is 0 Å². The summed E-state index contributed by atoms with van der Waals surface area (Å²) < 4.78 is 39.3. The molecule has 21 heavy (non-hydrogen) atoms. The lowest BCUT2D eigenvalue weighted by Gasteiger charge is -2.08. The molecule has 5 heteroatoms. The van der Waals surface area contributed by atoms with Crippen LogP contribution in [0, 0.1) is 5.92 Å². The van der Waals surface area contributed by atoms with Crippen molar-refractivity contribution in [3.05, 3.63) is 59.4 Å². The van der Waals surface area contributed by atoms with E-state index in [4.69, 9.17) is 0 Å². The maximum Gasteiger partial charge on any atom is 0.416 e. The number of ketones is 1. The largest absolute Gasteiger partial charge is 0.416 e. The Morgan fingerprint density at radius 3 is 2.38 bits per heavy atom. The maximum atomic E-state index is 12.5. The number of carbonyl (C=O) groups excluding carboxylic acids is 1. The molecular formula is C16H14F3NO. The van der Waals surface area contributed by atoms with Crippen molar-refractivity contribution in [2.75, 3.05) is 0 Å².